The average molecular weight is 341 g/mol. The molecular formula is C16H25ClN4O2. The number of aryl methyl sites for hydroxylation is 1. The highest BCUT2D eigenvalue weighted by atomic mass is 35.5. The number of nitrogens with zero attached hydrogens (tertiary/aromatic N) is 4. The maximum Gasteiger partial charge on any atom is 0.410 e. The van der Waals surface area contributed by atoms with Crippen LogP contribution >= 0.6 is 11.6 Å². The molecule has 6 nitrogen and oxygen atoms in total. The van der Waals surface area contributed by atoms with Gasteiger partial charge in [-0.15, -0.1) is 0 Å². The van der Waals surface area contributed by atoms with Crippen LogP contribution in [0.5, 0.6) is 0 Å². The summed E-state index contributed by atoms with van der Waals surface area (Å²) in [6.45, 7) is 8.88. The Labute approximate surface area is 142 Å². The second-order valence-corrected chi connectivity index (χ2v) is 7.35. The van der Waals surface area contributed by atoms with Crippen LogP contribution in [-0.4, -0.2) is 52.7 Å². The van der Waals surface area contributed by atoms with Gasteiger partial charge in [0.2, 0.25) is 5.95 Å². The van der Waals surface area contributed by atoms with Crippen molar-refractivity contribution in [3.8, 4) is 0 Å². The van der Waals surface area contributed by atoms with Crippen LogP contribution in [0.1, 0.15) is 39.2 Å². The highest BCUT2D eigenvalue weighted by molar-refractivity contribution is 6.30. The maximum atomic E-state index is 12.3. The van der Waals surface area contributed by atoms with E-state index in [1.165, 1.54) is 0 Å². The second-order valence-electron chi connectivity index (χ2n) is 6.99. The maximum absolute atomic E-state index is 12.3. The highest BCUT2D eigenvalue weighted by Gasteiger charge is 2.33. The van der Waals surface area contributed by atoms with Crippen LogP contribution in [0.4, 0.5) is 10.7 Å². The zero-order valence-corrected chi connectivity index (χ0v) is 15.2. The molecule has 0 spiro atoms. The quantitative estimate of drug-likeness (QED) is 0.790. The third kappa shape index (κ3) is 4.70. The molecule has 0 N–H and O–H groups in total. The lowest BCUT2D eigenvalue weighted by Gasteiger charge is -2.31. The molecule has 23 heavy (non-hydrogen) atoms. The van der Waals surface area contributed by atoms with Crippen LogP contribution in [0, 0.1) is 6.92 Å². The number of hydrogen-bond acceptors (Lipinski definition) is 5. The summed E-state index contributed by atoms with van der Waals surface area (Å²) in [6.07, 6.45) is 3.38. The lowest BCUT2D eigenvalue weighted by atomic mass is 10.2. The molecular weight excluding hydrogens is 316 g/mol. The first-order valence-corrected chi connectivity index (χ1v) is 8.25. The Morgan fingerprint density at radius 2 is 2.22 bits per heavy atom. The first-order chi connectivity index (χ1) is 10.7. The number of likely N-dealkylation sites (N-methyl/N-ethyl adjacent to an activating group) is 1. The molecule has 2 heterocycles. The van der Waals surface area contributed by atoms with E-state index in [2.05, 4.69) is 9.97 Å². The molecule has 0 aromatic carbocycles. The van der Waals surface area contributed by atoms with Gasteiger partial charge in [0, 0.05) is 31.9 Å². The van der Waals surface area contributed by atoms with Crippen molar-refractivity contribution in [1.29, 1.82) is 0 Å². The summed E-state index contributed by atoms with van der Waals surface area (Å²) in [5.74, 6) is 0.566. The van der Waals surface area contributed by atoms with Gasteiger partial charge in [-0.3, -0.25) is 0 Å². The van der Waals surface area contributed by atoms with Gasteiger partial charge in [-0.25, -0.2) is 14.8 Å². The molecule has 1 amide bonds. The molecule has 1 aromatic heterocycles. The SMILES string of the molecule is Cc1cnc(N(C)C[C@H]2CCCN2C(=O)OC(C)(C)C)nc1Cl. The molecule has 1 atom stereocenters. The Morgan fingerprint density at radius 3 is 2.83 bits per heavy atom. The molecule has 0 aliphatic carbocycles. The normalized spacial score (nSPS) is 18.2. The smallest absolute Gasteiger partial charge is 0.410 e. The lowest BCUT2D eigenvalue weighted by molar-refractivity contribution is 0.0231. The number of aromatic nitrogens is 2. The van der Waals surface area contributed by atoms with Gasteiger partial charge in [0.15, 0.2) is 0 Å². The van der Waals surface area contributed by atoms with E-state index in [1.54, 1.807) is 11.1 Å². The van der Waals surface area contributed by atoms with Crippen molar-refractivity contribution in [2.45, 2.75) is 52.2 Å². The van der Waals surface area contributed by atoms with E-state index >= 15 is 0 Å². The lowest BCUT2D eigenvalue weighted by Crippen LogP contribution is -2.44. The monoisotopic (exact) mass is 340 g/mol. The zero-order chi connectivity index (χ0) is 17.2. The van der Waals surface area contributed by atoms with Gasteiger partial charge < -0.3 is 14.5 Å². The van der Waals surface area contributed by atoms with Crippen molar-refractivity contribution in [2.75, 3.05) is 25.0 Å². The van der Waals surface area contributed by atoms with E-state index in [0.29, 0.717) is 17.6 Å². The van der Waals surface area contributed by atoms with E-state index in [1.807, 2.05) is 39.6 Å². The number of likely N-dealkylation sites (tertiary alicyclic amines) is 1. The van der Waals surface area contributed by atoms with Crippen LogP contribution in [-0.2, 0) is 4.74 Å². The Morgan fingerprint density at radius 1 is 1.52 bits per heavy atom. The fraction of sp³-hybridized carbons (Fsp3) is 0.688. The fourth-order valence-corrected chi connectivity index (χ4v) is 2.71. The Kier molecular flexibility index (Phi) is 5.34. The number of carbonyl (C=O) groups excluding carboxylic acids is 1. The van der Waals surface area contributed by atoms with Gasteiger partial charge >= 0.3 is 6.09 Å². The van der Waals surface area contributed by atoms with Gasteiger partial charge in [0.25, 0.3) is 0 Å². The highest BCUT2D eigenvalue weighted by Crippen LogP contribution is 2.23. The van der Waals surface area contributed by atoms with Crippen molar-refractivity contribution in [3.63, 3.8) is 0 Å². The molecule has 0 unspecified atom stereocenters. The molecule has 1 saturated heterocycles. The summed E-state index contributed by atoms with van der Waals surface area (Å²) in [6, 6.07) is 0.0959. The van der Waals surface area contributed by atoms with E-state index in [0.717, 1.165) is 24.9 Å². The van der Waals surface area contributed by atoms with Gasteiger partial charge in [0.1, 0.15) is 10.8 Å². The Hall–Kier alpha value is -1.56. The number of hydrogen-bond donors (Lipinski definition) is 0. The molecule has 1 aliphatic heterocycles. The summed E-state index contributed by atoms with van der Waals surface area (Å²) in [5.41, 5.74) is 0.365. The molecule has 0 saturated carbocycles. The van der Waals surface area contributed by atoms with E-state index < -0.39 is 5.60 Å². The van der Waals surface area contributed by atoms with Crippen molar-refractivity contribution in [1.82, 2.24) is 14.9 Å². The van der Waals surface area contributed by atoms with E-state index in [-0.39, 0.29) is 12.1 Å². The number of carbonyl (C=O) groups is 1. The molecule has 1 aromatic rings. The van der Waals surface area contributed by atoms with Crippen LogP contribution in [0.3, 0.4) is 0 Å². The number of amides is 1. The van der Waals surface area contributed by atoms with Crippen LogP contribution in [0.25, 0.3) is 0 Å². The minimum Gasteiger partial charge on any atom is -0.444 e. The Bertz CT molecular complexity index is 574. The predicted molar refractivity (Wildman–Crippen MR) is 91.0 cm³/mol. The van der Waals surface area contributed by atoms with Gasteiger partial charge in [-0.1, -0.05) is 11.6 Å². The summed E-state index contributed by atoms with van der Waals surface area (Å²) in [4.78, 5) is 24.6. The average Bonchev–Trinajstić information content (AvgIpc) is 2.88. The second kappa shape index (κ2) is 6.91. The molecule has 1 aliphatic rings. The molecule has 1 fully saturated rings. The van der Waals surface area contributed by atoms with Crippen molar-refractivity contribution in [3.05, 3.63) is 16.9 Å². The van der Waals surface area contributed by atoms with Gasteiger partial charge in [-0.05, 0) is 40.5 Å². The molecule has 2 rings (SSSR count). The minimum absolute atomic E-state index is 0.0959. The van der Waals surface area contributed by atoms with Crippen LogP contribution in [0.15, 0.2) is 6.20 Å². The standard InChI is InChI=1S/C16H25ClN4O2/c1-11-9-18-14(19-13(11)17)20(5)10-12-7-6-8-21(12)15(22)23-16(2,3)4/h9,12H,6-8,10H2,1-5H3/t12-/m1/s1. The first-order valence-electron chi connectivity index (χ1n) is 7.87. The van der Waals surface area contributed by atoms with Gasteiger partial charge in [0.05, 0.1) is 6.04 Å². The molecule has 0 bridgehead atoms. The topological polar surface area (TPSA) is 58.6 Å². The van der Waals surface area contributed by atoms with Crippen molar-refractivity contribution >= 4 is 23.6 Å². The predicted octanol–water partition coefficient (Wildman–Crippen LogP) is 3.27. The van der Waals surface area contributed by atoms with E-state index in [9.17, 15) is 4.79 Å². The molecule has 128 valence electrons. The van der Waals surface area contributed by atoms with Crippen LogP contribution < -0.4 is 4.90 Å². The van der Waals surface area contributed by atoms with Crippen molar-refractivity contribution < 1.29 is 9.53 Å². The largest absolute Gasteiger partial charge is 0.444 e. The van der Waals surface area contributed by atoms with Gasteiger partial charge in [-0.2, -0.15) is 0 Å². The summed E-state index contributed by atoms with van der Waals surface area (Å²) >= 11 is 6.06. The third-order valence-corrected chi connectivity index (χ3v) is 4.11. The fourth-order valence-electron chi connectivity index (χ4n) is 2.58. The van der Waals surface area contributed by atoms with Crippen LogP contribution in [0.2, 0.25) is 5.15 Å². The first kappa shape index (κ1) is 17.8. The molecule has 0 radical (unpaired) electrons. The number of anilines is 1. The number of ether oxygens (including phenoxy) is 1. The Balaban J connectivity index is 2.02. The third-order valence-electron chi connectivity index (χ3n) is 3.73. The number of halogens is 1. The zero-order valence-electron chi connectivity index (χ0n) is 14.5. The molecule has 7 heteroatoms. The number of rotatable bonds is 3. The summed E-state index contributed by atoms with van der Waals surface area (Å²) < 4.78 is 5.49. The summed E-state index contributed by atoms with van der Waals surface area (Å²) in [5, 5.41) is 0.456. The summed E-state index contributed by atoms with van der Waals surface area (Å²) in [7, 11) is 1.91. The minimum atomic E-state index is -0.482. The van der Waals surface area contributed by atoms with Crippen molar-refractivity contribution in [2.24, 2.45) is 0 Å². The van der Waals surface area contributed by atoms with E-state index in [4.69, 9.17) is 16.3 Å².